The van der Waals surface area contributed by atoms with Crippen LogP contribution in [0.5, 0.6) is 0 Å². The average Bonchev–Trinajstić information content (AvgIpc) is 1.74. The fraction of sp³-hybridized carbons (Fsp3) is 0.463. The summed E-state index contributed by atoms with van der Waals surface area (Å²) in [5.74, 6) is -1.23. The fourth-order valence-electron chi connectivity index (χ4n) is 17.5. The number of likely N-dealkylation sites (tertiary alicyclic amines) is 5. The van der Waals surface area contributed by atoms with Crippen molar-refractivity contribution in [3.63, 3.8) is 0 Å². The van der Waals surface area contributed by atoms with Gasteiger partial charge >= 0.3 is 11.9 Å². The van der Waals surface area contributed by atoms with E-state index < -0.39 is 5.97 Å². The minimum Gasteiger partial charge on any atom is -0.477 e. The Hall–Kier alpha value is -10.5. The number of carbonyl (C=O) groups is 3. The molecule has 628 valence electrons. The largest absolute Gasteiger partial charge is 0.477 e. The van der Waals surface area contributed by atoms with E-state index in [2.05, 4.69) is 144 Å². The van der Waals surface area contributed by atoms with Crippen molar-refractivity contribution in [1.29, 1.82) is 0 Å². The van der Waals surface area contributed by atoms with Gasteiger partial charge in [0.15, 0.2) is 0 Å². The van der Waals surface area contributed by atoms with Gasteiger partial charge in [-0.25, -0.2) is 24.5 Å². The molecule has 9 aromatic heterocycles. The second kappa shape index (κ2) is 40.1. The lowest BCUT2D eigenvalue weighted by Gasteiger charge is -2.29. The molecule has 24 nitrogen and oxygen atoms in total. The van der Waals surface area contributed by atoms with Gasteiger partial charge in [0.1, 0.15) is 17.1 Å². The van der Waals surface area contributed by atoms with E-state index in [0.717, 1.165) is 181 Å². The maximum atomic E-state index is 13.2. The maximum absolute atomic E-state index is 13.2. The summed E-state index contributed by atoms with van der Waals surface area (Å²) in [7, 11) is 9.92. The SMILES string of the molecule is CC(CCN1CCCCC1)Nc1cc(-c2ccc3c(c2)cc(C(=O)NC2CCN(C)CC2)n3C)nc2ccncc12.CC(CCN1CCCCC1)Nc1cc(-c2ccc3c(c2)cc(C(=O)O)n3C)nc2ccncc12.CCOC(=O)c1cc2cc(-c3cc(NC(C)CCN4CCCCC4)c4cnccc4n3)ccc2n1C.CN1CCC(N)CC1. The number of hydrogen-bond acceptors (Lipinski definition) is 19. The Morgan fingerprint density at radius 3 is 1.15 bits per heavy atom. The topological polar surface area (TPSA) is 263 Å². The molecule has 24 heteroatoms. The Kier molecular flexibility index (Phi) is 28.6. The van der Waals surface area contributed by atoms with Crippen LogP contribution in [-0.4, -0.2) is 227 Å². The van der Waals surface area contributed by atoms with Crippen molar-refractivity contribution < 1.29 is 24.2 Å². The number of carbonyl (C=O) groups excluding carboxylic acids is 2. The number of carboxylic acids is 1. The van der Waals surface area contributed by atoms with E-state index in [-0.39, 0.29) is 23.6 Å². The highest BCUT2D eigenvalue weighted by molar-refractivity contribution is 6.02. The molecule has 5 saturated heterocycles. The third-order valence-corrected chi connectivity index (χ3v) is 24.8. The molecular weight excluding hydrogens is 1490 g/mol. The quantitative estimate of drug-likeness (QED) is 0.0325. The molecule has 17 rings (SSSR count). The third-order valence-electron chi connectivity index (χ3n) is 24.8. The van der Waals surface area contributed by atoms with Gasteiger partial charge in [-0.2, -0.15) is 0 Å². The van der Waals surface area contributed by atoms with Crippen LogP contribution in [0.15, 0.2) is 146 Å². The van der Waals surface area contributed by atoms with Crippen molar-refractivity contribution in [2.24, 2.45) is 26.9 Å². The second-order valence-corrected chi connectivity index (χ2v) is 33.9. The number of carboxylic acid groups (broad SMARTS) is 1. The number of ether oxygens (including phenoxy) is 1. The Balaban J connectivity index is 0.000000140. The minimum absolute atomic E-state index is 0.00107. The number of rotatable bonds is 23. The van der Waals surface area contributed by atoms with E-state index in [1.807, 2.05) is 103 Å². The van der Waals surface area contributed by atoms with E-state index in [1.54, 1.807) is 36.3 Å². The zero-order chi connectivity index (χ0) is 83.1. The number of nitrogens with one attached hydrogen (secondary N) is 4. The van der Waals surface area contributed by atoms with E-state index >= 15 is 0 Å². The van der Waals surface area contributed by atoms with Gasteiger partial charge < -0.3 is 75.0 Å². The van der Waals surface area contributed by atoms with Gasteiger partial charge in [0.05, 0.1) is 40.2 Å². The molecule has 0 spiro atoms. The Bertz CT molecular complexity index is 5440. The van der Waals surface area contributed by atoms with Gasteiger partial charge in [0, 0.05) is 191 Å². The summed E-state index contributed by atoms with van der Waals surface area (Å²) >= 11 is 0. The van der Waals surface area contributed by atoms with Crippen LogP contribution in [0.2, 0.25) is 0 Å². The lowest BCUT2D eigenvalue weighted by molar-refractivity contribution is 0.0515. The maximum Gasteiger partial charge on any atom is 0.354 e. The number of aromatic carboxylic acids is 1. The molecule has 1 amide bonds. The number of fused-ring (bicyclic) bond motifs is 6. The van der Waals surface area contributed by atoms with Gasteiger partial charge in [-0.05, 0) is 282 Å². The first-order chi connectivity index (χ1) is 57.7. The number of nitrogens with two attached hydrogens (primary N) is 1. The normalized spacial score (nSPS) is 17.1. The second-order valence-electron chi connectivity index (χ2n) is 33.9. The third kappa shape index (κ3) is 21.6. The number of amides is 1. The average molecular weight is 1610 g/mol. The van der Waals surface area contributed by atoms with Crippen LogP contribution in [0, 0.1) is 0 Å². The lowest BCUT2D eigenvalue weighted by atomic mass is 10.1. The molecular formula is C95H123N19O5. The van der Waals surface area contributed by atoms with Crippen LogP contribution in [0.25, 0.3) is 99.2 Å². The fourth-order valence-corrected chi connectivity index (χ4v) is 17.5. The molecule has 5 aliphatic rings. The standard InChI is InChI=1S/C33H43N7O.C29H35N5O2.C27H31N5O2.C6H14N2/c1-23(10-18-40-14-5-4-6-15-40)35-30-21-29(37-28-9-13-34-22-27(28)30)24-7-8-31-25(19-24)20-32(39(31)3)33(41)36-26-11-16-38(2)17-12-26;1-4-36-29(35)28-17-22-16-21(8-9-27(22)33(28)3)25-18-26(23-19-30-12-10-24(23)32-25)31-20(2)11-15-34-13-6-5-7-14-34;1-18(9-13-32-11-4-3-5-12-32)29-24-16-23(30-22-8-10-28-17-21(22)24)19-6-7-25-20(14-19)15-26(27(33)34)31(25)2;1-8-4-2-6(7)3-5-8/h7-9,13,19-23,26H,4-6,10-12,14-18H2,1-3H3,(H,35,37)(H,36,41);8-10,12,16-20H,4-7,11,13-15H2,1-3H3,(H,31,32);6-8,10,14-18H,3-5,9,11-13H2,1-2H3,(H,29,30)(H,33,34);6H,2-5,7H2,1H3. The molecule has 3 unspecified atom stereocenters. The summed E-state index contributed by atoms with van der Waals surface area (Å²) in [5, 5.41) is 29.9. The monoisotopic (exact) mass is 1610 g/mol. The van der Waals surface area contributed by atoms with Gasteiger partial charge in [-0.3, -0.25) is 19.7 Å². The van der Waals surface area contributed by atoms with Crippen LogP contribution in [0.1, 0.15) is 162 Å². The number of aryl methyl sites for hydroxylation is 3. The molecule has 0 saturated carbocycles. The molecule has 0 radical (unpaired) electrons. The van der Waals surface area contributed by atoms with Crippen LogP contribution < -0.4 is 27.0 Å². The summed E-state index contributed by atoms with van der Waals surface area (Å²) in [6, 6.07) is 38.1. The predicted molar refractivity (Wildman–Crippen MR) is 484 cm³/mol. The van der Waals surface area contributed by atoms with E-state index in [9.17, 15) is 19.5 Å². The molecule has 12 aromatic rings. The molecule has 7 N–H and O–H groups in total. The van der Waals surface area contributed by atoms with Crippen LogP contribution in [0.4, 0.5) is 17.1 Å². The first-order valence-corrected chi connectivity index (χ1v) is 43.6. The van der Waals surface area contributed by atoms with E-state index in [0.29, 0.717) is 42.2 Å². The number of pyridine rings is 6. The molecule has 3 aromatic carbocycles. The number of piperidine rings is 5. The summed E-state index contributed by atoms with van der Waals surface area (Å²) in [5.41, 5.74) is 21.6. The molecule has 5 aliphatic heterocycles. The van der Waals surface area contributed by atoms with E-state index in [1.165, 1.54) is 123 Å². The predicted octanol–water partition coefficient (Wildman–Crippen LogP) is 16.1. The van der Waals surface area contributed by atoms with Crippen LogP contribution in [-0.2, 0) is 25.9 Å². The highest BCUT2D eigenvalue weighted by atomic mass is 16.5. The number of aromatic nitrogens is 9. The zero-order valence-corrected chi connectivity index (χ0v) is 71.4. The molecule has 5 fully saturated rings. The number of anilines is 3. The van der Waals surface area contributed by atoms with Crippen molar-refractivity contribution in [3.8, 4) is 33.8 Å². The van der Waals surface area contributed by atoms with Gasteiger partial charge in [-0.15, -0.1) is 0 Å². The van der Waals surface area contributed by atoms with Crippen molar-refractivity contribution in [1.82, 2.24) is 73.4 Å². The highest BCUT2D eigenvalue weighted by Crippen LogP contribution is 2.36. The Morgan fingerprint density at radius 1 is 0.445 bits per heavy atom. The summed E-state index contributed by atoms with van der Waals surface area (Å²) in [4.78, 5) is 77.4. The first kappa shape index (κ1) is 85.0. The lowest BCUT2D eigenvalue weighted by Crippen LogP contribution is -2.43. The van der Waals surface area contributed by atoms with Crippen molar-refractivity contribution in [2.45, 2.75) is 161 Å². The van der Waals surface area contributed by atoms with Gasteiger partial charge in [-0.1, -0.05) is 37.5 Å². The molecule has 0 bridgehead atoms. The van der Waals surface area contributed by atoms with E-state index in [4.69, 9.17) is 25.4 Å². The number of nitrogens with zero attached hydrogens (tertiary/aromatic N) is 14. The first-order valence-electron chi connectivity index (χ1n) is 43.6. The van der Waals surface area contributed by atoms with Crippen LogP contribution in [0.3, 0.4) is 0 Å². The Morgan fingerprint density at radius 2 is 0.790 bits per heavy atom. The van der Waals surface area contributed by atoms with Crippen molar-refractivity contribution >= 4 is 100 Å². The van der Waals surface area contributed by atoms with Gasteiger partial charge in [0.25, 0.3) is 5.91 Å². The van der Waals surface area contributed by atoms with Crippen LogP contribution >= 0.6 is 0 Å². The molecule has 14 heterocycles. The molecule has 119 heavy (non-hydrogen) atoms. The number of hydrogen-bond donors (Lipinski definition) is 6. The smallest absolute Gasteiger partial charge is 0.354 e. The molecule has 0 aliphatic carbocycles. The van der Waals surface area contributed by atoms with Crippen molar-refractivity contribution in [3.05, 3.63) is 163 Å². The summed E-state index contributed by atoms with van der Waals surface area (Å²) in [6.45, 7) is 24.0. The van der Waals surface area contributed by atoms with Gasteiger partial charge in [0.2, 0.25) is 0 Å². The zero-order valence-electron chi connectivity index (χ0n) is 71.4. The number of benzene rings is 3. The number of esters is 1. The highest BCUT2D eigenvalue weighted by Gasteiger charge is 2.25. The van der Waals surface area contributed by atoms with Crippen molar-refractivity contribution in [2.75, 3.05) is 122 Å². The molecule has 3 atom stereocenters. The minimum atomic E-state index is -0.929. The Labute approximate surface area is 700 Å². The summed E-state index contributed by atoms with van der Waals surface area (Å²) in [6.07, 6.45) is 30.6. The summed E-state index contributed by atoms with van der Waals surface area (Å²) < 4.78 is 10.8.